The third-order valence-corrected chi connectivity index (χ3v) is 4.98. The number of nitrogens with zero attached hydrogens (tertiary/aromatic N) is 1. The molecule has 1 atom stereocenters. The summed E-state index contributed by atoms with van der Waals surface area (Å²) in [6.45, 7) is 4.50. The van der Waals surface area contributed by atoms with Crippen molar-refractivity contribution < 1.29 is 18.4 Å². The average molecular weight is 337 g/mol. The lowest BCUT2D eigenvalue weighted by Gasteiger charge is -2.21. The van der Waals surface area contributed by atoms with Crippen LogP contribution in [0.1, 0.15) is 25.8 Å². The summed E-state index contributed by atoms with van der Waals surface area (Å²) in [5, 5.41) is 20.5. The lowest BCUT2D eigenvalue weighted by Crippen LogP contribution is -2.40. The third-order valence-electron chi connectivity index (χ3n) is 3.14. The number of hydrogen-bond donors (Lipinski definition) is 2. The highest BCUT2D eigenvalue weighted by Crippen LogP contribution is 2.30. The van der Waals surface area contributed by atoms with Crippen LogP contribution < -0.4 is 4.72 Å². The van der Waals surface area contributed by atoms with Gasteiger partial charge in [0.25, 0.3) is 5.69 Å². The minimum Gasteiger partial charge on any atom is -0.389 e. The summed E-state index contributed by atoms with van der Waals surface area (Å²) in [7, 11) is -3.98. The molecule has 2 N–H and O–H groups in total. The average Bonchev–Trinajstić information content (AvgIpc) is 2.36. The van der Waals surface area contributed by atoms with Gasteiger partial charge in [0.15, 0.2) is 0 Å². The molecule has 1 unspecified atom stereocenters. The van der Waals surface area contributed by atoms with E-state index in [1.165, 1.54) is 19.9 Å². The quantitative estimate of drug-likeness (QED) is 0.610. The van der Waals surface area contributed by atoms with E-state index in [9.17, 15) is 23.6 Å². The van der Waals surface area contributed by atoms with E-state index in [1.807, 2.05) is 0 Å². The Hall–Kier alpha value is -1.22. The molecule has 0 heterocycles. The number of benzene rings is 1. The topological polar surface area (TPSA) is 110 Å². The summed E-state index contributed by atoms with van der Waals surface area (Å²) in [5.74, 6) is 0. The van der Waals surface area contributed by atoms with E-state index in [-0.39, 0.29) is 22.0 Å². The number of nitrogens with one attached hydrogen (secondary N) is 1. The zero-order valence-corrected chi connectivity index (χ0v) is 13.5. The number of aliphatic hydroxyl groups is 1. The molecule has 21 heavy (non-hydrogen) atoms. The number of halogens is 1. The SMILES string of the molecule is CCC(C)(O)CNS(=O)(=O)c1cc([N+](=O)[O-])c(Cl)cc1C. The molecule has 0 aromatic heterocycles. The highest BCUT2D eigenvalue weighted by Gasteiger charge is 2.26. The standard InChI is InChI=1S/C12H17ClN2O5S/c1-4-12(3,16)7-14-21(19,20)11-6-10(15(17)18)9(13)5-8(11)2/h5-6,14,16H,4,7H2,1-3H3. The number of rotatable bonds is 6. The van der Waals surface area contributed by atoms with Crippen molar-refractivity contribution in [2.75, 3.05) is 6.54 Å². The van der Waals surface area contributed by atoms with Crippen molar-refractivity contribution in [3.63, 3.8) is 0 Å². The van der Waals surface area contributed by atoms with E-state index in [0.29, 0.717) is 6.42 Å². The van der Waals surface area contributed by atoms with E-state index in [0.717, 1.165) is 6.07 Å². The smallest absolute Gasteiger partial charge is 0.289 e. The number of hydrogen-bond acceptors (Lipinski definition) is 5. The molecule has 0 aliphatic heterocycles. The molecule has 0 saturated heterocycles. The van der Waals surface area contributed by atoms with Crippen molar-refractivity contribution in [3.8, 4) is 0 Å². The number of nitro benzene ring substituents is 1. The molecule has 1 aromatic rings. The zero-order chi connectivity index (χ0) is 16.4. The van der Waals surface area contributed by atoms with Gasteiger partial charge in [0.05, 0.1) is 15.4 Å². The van der Waals surface area contributed by atoms with Gasteiger partial charge in [-0.15, -0.1) is 0 Å². The number of sulfonamides is 1. The molecule has 118 valence electrons. The Balaban J connectivity index is 3.20. The summed E-state index contributed by atoms with van der Waals surface area (Å²) in [4.78, 5) is 9.86. The molecule has 1 rings (SSSR count). The van der Waals surface area contributed by atoms with Crippen LogP contribution in [0.25, 0.3) is 0 Å². The van der Waals surface area contributed by atoms with Gasteiger partial charge in [0, 0.05) is 12.6 Å². The molecular formula is C12H17ClN2O5S. The van der Waals surface area contributed by atoms with Crippen molar-refractivity contribution in [2.24, 2.45) is 0 Å². The zero-order valence-electron chi connectivity index (χ0n) is 11.9. The Morgan fingerprint density at radius 2 is 2.05 bits per heavy atom. The van der Waals surface area contributed by atoms with Crippen molar-refractivity contribution in [2.45, 2.75) is 37.7 Å². The maximum absolute atomic E-state index is 12.2. The van der Waals surface area contributed by atoms with Crippen LogP contribution in [0.2, 0.25) is 5.02 Å². The summed E-state index contributed by atoms with van der Waals surface area (Å²) in [6.07, 6.45) is 0.356. The summed E-state index contributed by atoms with van der Waals surface area (Å²) < 4.78 is 26.7. The largest absolute Gasteiger partial charge is 0.389 e. The fraction of sp³-hybridized carbons (Fsp3) is 0.500. The second-order valence-electron chi connectivity index (χ2n) is 5.00. The first-order valence-corrected chi connectivity index (χ1v) is 8.03. The van der Waals surface area contributed by atoms with Crippen molar-refractivity contribution in [3.05, 3.63) is 32.8 Å². The molecule has 0 bridgehead atoms. The Labute approximate surface area is 128 Å². The molecule has 0 fully saturated rings. The lowest BCUT2D eigenvalue weighted by molar-refractivity contribution is -0.384. The van der Waals surface area contributed by atoms with E-state index >= 15 is 0 Å². The second kappa shape index (κ2) is 6.27. The van der Waals surface area contributed by atoms with Crippen LogP contribution in [-0.4, -0.2) is 30.6 Å². The van der Waals surface area contributed by atoms with Crippen LogP contribution in [0, 0.1) is 17.0 Å². The summed E-state index contributed by atoms with van der Waals surface area (Å²) in [6, 6.07) is 2.15. The molecular weight excluding hydrogens is 320 g/mol. The highest BCUT2D eigenvalue weighted by atomic mass is 35.5. The molecule has 0 amide bonds. The Bertz CT molecular complexity index is 658. The lowest BCUT2D eigenvalue weighted by atomic mass is 10.1. The molecule has 0 radical (unpaired) electrons. The van der Waals surface area contributed by atoms with Gasteiger partial charge in [0.1, 0.15) is 5.02 Å². The Morgan fingerprint density at radius 1 is 1.48 bits per heavy atom. The minimum absolute atomic E-state index is 0.128. The van der Waals surface area contributed by atoms with E-state index < -0.39 is 26.2 Å². The van der Waals surface area contributed by atoms with Crippen LogP contribution in [-0.2, 0) is 10.0 Å². The van der Waals surface area contributed by atoms with Gasteiger partial charge in [-0.25, -0.2) is 13.1 Å². The van der Waals surface area contributed by atoms with Crippen LogP contribution in [0.3, 0.4) is 0 Å². The van der Waals surface area contributed by atoms with Crippen LogP contribution in [0.5, 0.6) is 0 Å². The van der Waals surface area contributed by atoms with E-state index in [4.69, 9.17) is 11.6 Å². The van der Waals surface area contributed by atoms with Gasteiger partial charge in [-0.2, -0.15) is 0 Å². The predicted molar refractivity (Wildman–Crippen MR) is 78.9 cm³/mol. The molecule has 1 aromatic carbocycles. The number of aryl methyl sites for hydroxylation is 1. The van der Waals surface area contributed by atoms with Crippen molar-refractivity contribution in [1.29, 1.82) is 0 Å². The molecule has 7 nitrogen and oxygen atoms in total. The highest BCUT2D eigenvalue weighted by molar-refractivity contribution is 7.89. The van der Waals surface area contributed by atoms with Gasteiger partial charge in [0.2, 0.25) is 10.0 Å². The van der Waals surface area contributed by atoms with Crippen LogP contribution in [0.15, 0.2) is 17.0 Å². The molecule has 0 saturated carbocycles. The van der Waals surface area contributed by atoms with Crippen molar-refractivity contribution >= 4 is 27.3 Å². The Morgan fingerprint density at radius 3 is 2.52 bits per heavy atom. The van der Waals surface area contributed by atoms with E-state index in [1.54, 1.807) is 6.92 Å². The second-order valence-corrected chi connectivity index (χ2v) is 7.14. The predicted octanol–water partition coefficient (Wildman–Crippen LogP) is 2.00. The number of nitro groups is 1. The maximum Gasteiger partial charge on any atom is 0.289 e. The van der Waals surface area contributed by atoms with Gasteiger partial charge in [-0.05, 0) is 31.9 Å². The summed E-state index contributed by atoms with van der Waals surface area (Å²) in [5.41, 5.74) is -1.39. The van der Waals surface area contributed by atoms with Gasteiger partial charge in [-0.3, -0.25) is 10.1 Å². The fourth-order valence-corrected chi connectivity index (χ4v) is 3.22. The minimum atomic E-state index is -3.98. The maximum atomic E-state index is 12.2. The molecule has 9 heteroatoms. The van der Waals surface area contributed by atoms with Crippen LogP contribution >= 0.6 is 11.6 Å². The molecule has 0 aliphatic carbocycles. The first kappa shape index (κ1) is 17.8. The van der Waals surface area contributed by atoms with Gasteiger partial charge >= 0.3 is 0 Å². The van der Waals surface area contributed by atoms with Gasteiger partial charge < -0.3 is 5.11 Å². The normalized spacial score (nSPS) is 14.7. The summed E-state index contributed by atoms with van der Waals surface area (Å²) >= 11 is 5.72. The van der Waals surface area contributed by atoms with E-state index in [2.05, 4.69) is 4.72 Å². The third kappa shape index (κ3) is 4.37. The Kier molecular flexibility index (Phi) is 5.32. The molecule has 0 spiro atoms. The van der Waals surface area contributed by atoms with Crippen LogP contribution in [0.4, 0.5) is 5.69 Å². The monoisotopic (exact) mass is 336 g/mol. The fourth-order valence-electron chi connectivity index (χ4n) is 1.52. The first-order chi connectivity index (χ1) is 9.50. The molecule has 0 aliphatic rings. The van der Waals surface area contributed by atoms with Crippen molar-refractivity contribution in [1.82, 2.24) is 4.72 Å². The van der Waals surface area contributed by atoms with Gasteiger partial charge in [-0.1, -0.05) is 18.5 Å². The first-order valence-electron chi connectivity index (χ1n) is 6.17.